The molecule has 0 saturated heterocycles. The van der Waals surface area contributed by atoms with Crippen LogP contribution in [0.1, 0.15) is 17.2 Å². The van der Waals surface area contributed by atoms with Crippen LogP contribution in [0.25, 0.3) is 0 Å². The number of hydrogen-bond acceptors (Lipinski definition) is 3. The quantitative estimate of drug-likeness (QED) is 0.846. The number of halogens is 1. The Balaban J connectivity index is 2.17. The lowest BCUT2D eigenvalue weighted by molar-refractivity contribution is -0.135. The maximum atomic E-state index is 13.1. The number of carbonyl (C=O) groups is 1. The topological polar surface area (TPSA) is 41.4 Å². The monoisotopic (exact) mass is 304 g/mol. The van der Waals surface area contributed by atoms with Gasteiger partial charge in [0.05, 0.1) is 6.20 Å². The molecule has 5 nitrogen and oxygen atoms in total. The molecule has 0 aliphatic heterocycles. The lowest BCUT2D eigenvalue weighted by atomic mass is 10.0. The maximum Gasteiger partial charge on any atom is 0.244 e. The molecule has 0 fully saturated rings. The van der Waals surface area contributed by atoms with Crippen molar-refractivity contribution in [3.05, 3.63) is 53.6 Å². The fourth-order valence-electron chi connectivity index (χ4n) is 2.42. The molecule has 0 N–H and O–H groups in total. The summed E-state index contributed by atoms with van der Waals surface area (Å²) in [5.41, 5.74) is 1.74. The molecular weight excluding hydrogens is 283 g/mol. The van der Waals surface area contributed by atoms with Crippen molar-refractivity contribution in [1.29, 1.82) is 0 Å². The highest BCUT2D eigenvalue weighted by Crippen LogP contribution is 2.21. The minimum atomic E-state index is -0.442. The number of aromatic nitrogens is 2. The summed E-state index contributed by atoms with van der Waals surface area (Å²) in [5, 5.41) is 4.10. The Morgan fingerprint density at radius 1 is 1.27 bits per heavy atom. The molecule has 22 heavy (non-hydrogen) atoms. The van der Waals surface area contributed by atoms with Crippen molar-refractivity contribution in [2.75, 3.05) is 21.1 Å². The smallest absolute Gasteiger partial charge is 0.244 e. The minimum absolute atomic E-state index is 0.0412. The highest BCUT2D eigenvalue weighted by Gasteiger charge is 2.26. The van der Waals surface area contributed by atoms with Gasteiger partial charge >= 0.3 is 0 Å². The second-order valence-electron chi connectivity index (χ2n) is 5.63. The van der Waals surface area contributed by atoms with Crippen molar-refractivity contribution < 1.29 is 9.18 Å². The molecule has 0 saturated carbocycles. The third-order valence-corrected chi connectivity index (χ3v) is 3.49. The minimum Gasteiger partial charge on any atom is -0.340 e. The predicted octanol–water partition coefficient (Wildman–Crippen LogP) is 1.82. The SMILES string of the molecule is CN(Cc1cnn(C)c1)C(=O)[C@H](c1ccc(F)cc1)N(C)C. The first-order chi connectivity index (χ1) is 10.4. The Morgan fingerprint density at radius 2 is 1.91 bits per heavy atom. The van der Waals surface area contributed by atoms with Gasteiger partial charge in [0, 0.05) is 32.4 Å². The third kappa shape index (κ3) is 3.71. The van der Waals surface area contributed by atoms with E-state index < -0.39 is 6.04 Å². The Hall–Kier alpha value is -2.21. The van der Waals surface area contributed by atoms with Crippen LogP contribution < -0.4 is 0 Å². The summed E-state index contributed by atoms with van der Waals surface area (Å²) in [6, 6.07) is 5.61. The molecular formula is C16H21FN4O. The number of rotatable bonds is 5. The van der Waals surface area contributed by atoms with Gasteiger partial charge in [0.25, 0.3) is 0 Å². The zero-order chi connectivity index (χ0) is 16.3. The summed E-state index contributed by atoms with van der Waals surface area (Å²) < 4.78 is 14.8. The van der Waals surface area contributed by atoms with E-state index in [-0.39, 0.29) is 11.7 Å². The predicted molar refractivity (Wildman–Crippen MR) is 82.5 cm³/mol. The fourth-order valence-corrected chi connectivity index (χ4v) is 2.42. The molecule has 118 valence electrons. The van der Waals surface area contributed by atoms with Gasteiger partial charge in [0.1, 0.15) is 11.9 Å². The van der Waals surface area contributed by atoms with Gasteiger partial charge < -0.3 is 4.90 Å². The third-order valence-electron chi connectivity index (χ3n) is 3.49. The zero-order valence-electron chi connectivity index (χ0n) is 13.3. The fraction of sp³-hybridized carbons (Fsp3) is 0.375. The number of carbonyl (C=O) groups excluding carboxylic acids is 1. The van der Waals surface area contributed by atoms with Crippen molar-refractivity contribution in [2.24, 2.45) is 7.05 Å². The molecule has 0 aliphatic carbocycles. The van der Waals surface area contributed by atoms with Crippen LogP contribution in [0.4, 0.5) is 4.39 Å². The Morgan fingerprint density at radius 3 is 2.41 bits per heavy atom. The van der Waals surface area contributed by atoms with Gasteiger partial charge in [-0.3, -0.25) is 14.4 Å². The van der Waals surface area contributed by atoms with Gasteiger partial charge in [0.2, 0.25) is 5.91 Å². The molecule has 0 bridgehead atoms. The number of likely N-dealkylation sites (N-methyl/N-ethyl adjacent to an activating group) is 2. The second-order valence-corrected chi connectivity index (χ2v) is 5.63. The Labute approximate surface area is 129 Å². The van der Waals surface area contributed by atoms with Gasteiger partial charge in [-0.1, -0.05) is 12.1 Å². The van der Waals surface area contributed by atoms with Gasteiger partial charge in [-0.2, -0.15) is 5.10 Å². The largest absolute Gasteiger partial charge is 0.340 e. The highest BCUT2D eigenvalue weighted by atomic mass is 19.1. The number of benzene rings is 1. The van der Waals surface area contributed by atoms with E-state index in [1.807, 2.05) is 32.2 Å². The van der Waals surface area contributed by atoms with Crippen molar-refractivity contribution in [1.82, 2.24) is 19.6 Å². The first kappa shape index (κ1) is 16.2. The number of hydrogen-bond donors (Lipinski definition) is 0. The Bertz CT molecular complexity index is 636. The van der Waals surface area contributed by atoms with E-state index >= 15 is 0 Å². The molecule has 0 radical (unpaired) electrons. The molecule has 6 heteroatoms. The number of nitrogens with zero attached hydrogens (tertiary/aromatic N) is 4. The lowest BCUT2D eigenvalue weighted by Crippen LogP contribution is -2.38. The van der Waals surface area contributed by atoms with Crippen molar-refractivity contribution >= 4 is 5.91 Å². The van der Waals surface area contributed by atoms with Crippen LogP contribution in [-0.4, -0.2) is 46.6 Å². The highest BCUT2D eigenvalue weighted by molar-refractivity contribution is 5.83. The van der Waals surface area contributed by atoms with Gasteiger partial charge in [-0.25, -0.2) is 4.39 Å². The van der Waals surface area contributed by atoms with Gasteiger partial charge in [0.15, 0.2) is 0 Å². The summed E-state index contributed by atoms with van der Waals surface area (Å²) in [7, 11) is 7.27. The zero-order valence-corrected chi connectivity index (χ0v) is 13.3. The summed E-state index contributed by atoms with van der Waals surface area (Å²) in [4.78, 5) is 16.2. The van der Waals surface area contributed by atoms with Crippen LogP contribution in [0.2, 0.25) is 0 Å². The molecule has 0 spiro atoms. The van der Waals surface area contributed by atoms with Crippen LogP contribution in [0.3, 0.4) is 0 Å². The average molecular weight is 304 g/mol. The molecule has 2 rings (SSSR count). The second kappa shape index (κ2) is 6.70. The molecule has 0 aliphatic rings. The number of amides is 1. The van der Waals surface area contributed by atoms with Crippen molar-refractivity contribution in [2.45, 2.75) is 12.6 Å². The molecule has 2 aromatic rings. The van der Waals surface area contributed by atoms with Crippen LogP contribution in [-0.2, 0) is 18.4 Å². The van der Waals surface area contributed by atoms with Crippen molar-refractivity contribution in [3.8, 4) is 0 Å². The summed E-state index contributed by atoms with van der Waals surface area (Å²) in [6.45, 7) is 0.484. The molecule has 1 atom stereocenters. The van der Waals surface area contributed by atoms with Crippen LogP contribution in [0.15, 0.2) is 36.7 Å². The Kier molecular flexibility index (Phi) is 4.92. The van der Waals surface area contributed by atoms with E-state index in [4.69, 9.17) is 0 Å². The van der Waals surface area contributed by atoms with Gasteiger partial charge in [-0.15, -0.1) is 0 Å². The van der Waals surface area contributed by atoms with Gasteiger partial charge in [-0.05, 0) is 31.8 Å². The first-order valence-corrected chi connectivity index (χ1v) is 7.03. The van der Waals surface area contributed by atoms with E-state index in [0.29, 0.717) is 6.54 Å². The van der Waals surface area contributed by atoms with E-state index in [0.717, 1.165) is 11.1 Å². The van der Waals surface area contributed by atoms with E-state index in [1.54, 1.807) is 35.0 Å². The summed E-state index contributed by atoms with van der Waals surface area (Å²) in [6.07, 6.45) is 3.62. The summed E-state index contributed by atoms with van der Waals surface area (Å²) in [5.74, 6) is -0.349. The molecule has 0 unspecified atom stereocenters. The van der Waals surface area contributed by atoms with Crippen molar-refractivity contribution in [3.63, 3.8) is 0 Å². The average Bonchev–Trinajstić information content (AvgIpc) is 2.86. The lowest BCUT2D eigenvalue weighted by Gasteiger charge is -2.28. The number of aryl methyl sites for hydroxylation is 1. The normalized spacial score (nSPS) is 12.5. The molecule has 1 aromatic carbocycles. The standard InChI is InChI=1S/C16H21FN4O/c1-19(2)15(13-5-7-14(17)8-6-13)16(22)20(3)10-12-9-18-21(4)11-12/h5-9,11,15H,10H2,1-4H3/t15-/m0/s1. The van der Waals surface area contributed by atoms with E-state index in [1.165, 1.54) is 12.1 Å². The molecule has 1 amide bonds. The molecule has 1 aromatic heterocycles. The first-order valence-electron chi connectivity index (χ1n) is 7.03. The van der Waals surface area contributed by atoms with E-state index in [2.05, 4.69) is 5.10 Å². The van der Waals surface area contributed by atoms with Crippen LogP contribution >= 0.6 is 0 Å². The van der Waals surface area contributed by atoms with Crippen LogP contribution in [0.5, 0.6) is 0 Å². The van der Waals surface area contributed by atoms with E-state index in [9.17, 15) is 9.18 Å². The van der Waals surface area contributed by atoms with Crippen LogP contribution in [0, 0.1) is 5.82 Å². The summed E-state index contributed by atoms with van der Waals surface area (Å²) >= 11 is 0. The maximum absolute atomic E-state index is 13.1. The molecule has 1 heterocycles.